The summed E-state index contributed by atoms with van der Waals surface area (Å²) in [6, 6.07) is 0. The van der Waals surface area contributed by atoms with Crippen molar-refractivity contribution in [2.75, 3.05) is 13.1 Å². The van der Waals surface area contributed by atoms with Gasteiger partial charge in [0.25, 0.3) is 0 Å². The van der Waals surface area contributed by atoms with Gasteiger partial charge in [0.05, 0.1) is 0 Å². The highest BCUT2D eigenvalue weighted by molar-refractivity contribution is 5.65. The van der Waals surface area contributed by atoms with Crippen LogP contribution in [-0.2, 0) is 0 Å². The lowest BCUT2D eigenvalue weighted by molar-refractivity contribution is 0.173. The molecule has 1 rings (SSSR count). The average molecular weight is 200 g/mol. The highest BCUT2D eigenvalue weighted by Crippen LogP contribution is 2.23. The summed E-state index contributed by atoms with van der Waals surface area (Å²) in [5.74, 6) is 0.651. The number of carboxylic acid groups (broad SMARTS) is 1. The van der Waals surface area contributed by atoms with E-state index in [9.17, 15) is 4.79 Å². The highest BCUT2D eigenvalue weighted by Gasteiger charge is 2.25. The number of carbonyl (C=O) groups is 1. The molecule has 82 valence electrons. The first-order chi connectivity index (χ1) is 6.49. The maximum atomic E-state index is 10.5. The molecule has 0 bridgehead atoms. The van der Waals surface area contributed by atoms with E-state index in [0.717, 1.165) is 32.4 Å². The molecule has 14 heavy (non-hydrogen) atoms. The molecule has 0 radical (unpaired) electrons. The topological polar surface area (TPSA) is 61.4 Å². The van der Waals surface area contributed by atoms with Crippen LogP contribution in [0, 0.1) is 5.92 Å². The Morgan fingerprint density at radius 3 is 2.57 bits per heavy atom. The van der Waals surface area contributed by atoms with E-state index in [1.54, 1.807) is 0 Å². The van der Waals surface area contributed by atoms with E-state index in [1.165, 1.54) is 0 Å². The quantitative estimate of drug-likeness (QED) is 0.645. The van der Waals surface area contributed by atoms with Crippen LogP contribution in [0.5, 0.6) is 0 Å². The van der Waals surface area contributed by atoms with Gasteiger partial charge in [0.1, 0.15) is 0 Å². The first kappa shape index (κ1) is 11.3. The van der Waals surface area contributed by atoms with Crippen molar-refractivity contribution in [1.29, 1.82) is 0 Å². The van der Waals surface area contributed by atoms with E-state index >= 15 is 0 Å². The first-order valence-electron chi connectivity index (χ1n) is 5.21. The molecule has 0 atom stereocenters. The molecule has 0 saturated carbocycles. The number of hydrogen-bond acceptors (Lipinski definition) is 2. The minimum Gasteiger partial charge on any atom is -0.465 e. The summed E-state index contributed by atoms with van der Waals surface area (Å²) in [7, 11) is 0. The summed E-state index contributed by atoms with van der Waals surface area (Å²) in [6.07, 6.45) is 2.32. The molecule has 4 nitrogen and oxygen atoms in total. The third-order valence-electron chi connectivity index (χ3n) is 2.70. The van der Waals surface area contributed by atoms with Crippen molar-refractivity contribution in [1.82, 2.24) is 10.6 Å². The SMILES string of the molecule is CC(C)(CC1CCNCC1)NC(=O)O. The van der Waals surface area contributed by atoms with Crippen LogP contribution in [0.4, 0.5) is 4.79 Å². The second kappa shape index (κ2) is 4.64. The van der Waals surface area contributed by atoms with E-state index in [0.29, 0.717) is 5.92 Å². The van der Waals surface area contributed by atoms with Crippen molar-refractivity contribution in [3.8, 4) is 0 Å². The van der Waals surface area contributed by atoms with Gasteiger partial charge >= 0.3 is 6.09 Å². The fourth-order valence-electron chi connectivity index (χ4n) is 2.15. The van der Waals surface area contributed by atoms with E-state index in [2.05, 4.69) is 10.6 Å². The summed E-state index contributed by atoms with van der Waals surface area (Å²) < 4.78 is 0. The van der Waals surface area contributed by atoms with Gasteiger partial charge in [0.2, 0.25) is 0 Å². The molecule has 0 spiro atoms. The molecule has 1 amide bonds. The predicted molar refractivity (Wildman–Crippen MR) is 55.5 cm³/mol. The van der Waals surface area contributed by atoms with Crippen LogP contribution in [-0.4, -0.2) is 29.8 Å². The molecular weight excluding hydrogens is 180 g/mol. The molecule has 1 fully saturated rings. The Kier molecular flexibility index (Phi) is 3.75. The zero-order valence-electron chi connectivity index (χ0n) is 8.97. The van der Waals surface area contributed by atoms with Crippen LogP contribution < -0.4 is 10.6 Å². The predicted octanol–water partition coefficient (Wildman–Crippen LogP) is 1.42. The van der Waals surface area contributed by atoms with Gasteiger partial charge in [-0.3, -0.25) is 0 Å². The molecule has 0 unspecified atom stereocenters. The fourth-order valence-corrected chi connectivity index (χ4v) is 2.15. The lowest BCUT2D eigenvalue weighted by Gasteiger charge is -2.31. The zero-order valence-corrected chi connectivity index (χ0v) is 8.97. The van der Waals surface area contributed by atoms with Crippen molar-refractivity contribution >= 4 is 6.09 Å². The molecule has 1 aliphatic rings. The van der Waals surface area contributed by atoms with Gasteiger partial charge in [-0.05, 0) is 52.1 Å². The van der Waals surface area contributed by atoms with Crippen LogP contribution in [0.3, 0.4) is 0 Å². The number of hydrogen-bond donors (Lipinski definition) is 3. The third kappa shape index (κ3) is 3.96. The Labute approximate surface area is 85.1 Å². The summed E-state index contributed by atoms with van der Waals surface area (Å²) in [5, 5.41) is 14.5. The number of nitrogens with one attached hydrogen (secondary N) is 2. The largest absolute Gasteiger partial charge is 0.465 e. The lowest BCUT2D eigenvalue weighted by Crippen LogP contribution is -2.45. The van der Waals surface area contributed by atoms with Crippen LogP contribution in [0.2, 0.25) is 0 Å². The summed E-state index contributed by atoms with van der Waals surface area (Å²) in [6.45, 7) is 6.02. The second-order valence-corrected chi connectivity index (χ2v) is 4.71. The van der Waals surface area contributed by atoms with E-state index in [4.69, 9.17) is 5.11 Å². The molecule has 0 aromatic carbocycles. The van der Waals surface area contributed by atoms with E-state index in [-0.39, 0.29) is 5.54 Å². The molecule has 1 heterocycles. The van der Waals surface area contributed by atoms with Gasteiger partial charge in [-0.1, -0.05) is 0 Å². The van der Waals surface area contributed by atoms with Crippen molar-refractivity contribution in [3.05, 3.63) is 0 Å². The average Bonchev–Trinajstić information content (AvgIpc) is 2.02. The molecule has 0 aliphatic carbocycles. The van der Waals surface area contributed by atoms with Crippen molar-refractivity contribution in [3.63, 3.8) is 0 Å². The molecule has 3 N–H and O–H groups in total. The maximum Gasteiger partial charge on any atom is 0.405 e. The number of rotatable bonds is 3. The van der Waals surface area contributed by atoms with Crippen LogP contribution in [0.1, 0.15) is 33.1 Å². The smallest absolute Gasteiger partial charge is 0.405 e. The van der Waals surface area contributed by atoms with E-state index in [1.807, 2.05) is 13.8 Å². The number of piperidine rings is 1. The fraction of sp³-hybridized carbons (Fsp3) is 0.900. The standard InChI is InChI=1S/C10H20N2O2/c1-10(2,12-9(13)14)7-8-3-5-11-6-4-8/h8,11-12H,3-7H2,1-2H3,(H,13,14). The molecule has 4 heteroatoms. The summed E-state index contributed by atoms with van der Waals surface area (Å²) in [5.41, 5.74) is -0.298. The van der Waals surface area contributed by atoms with Gasteiger partial charge < -0.3 is 15.7 Å². The van der Waals surface area contributed by atoms with Crippen LogP contribution >= 0.6 is 0 Å². The Hall–Kier alpha value is -0.770. The molecule has 1 aliphatic heterocycles. The van der Waals surface area contributed by atoms with Crippen LogP contribution in [0.15, 0.2) is 0 Å². The highest BCUT2D eigenvalue weighted by atomic mass is 16.4. The maximum absolute atomic E-state index is 10.5. The van der Waals surface area contributed by atoms with Crippen molar-refractivity contribution in [2.45, 2.75) is 38.6 Å². The van der Waals surface area contributed by atoms with Crippen molar-refractivity contribution in [2.24, 2.45) is 5.92 Å². The molecular formula is C10H20N2O2. The van der Waals surface area contributed by atoms with Crippen molar-refractivity contribution < 1.29 is 9.90 Å². The molecule has 0 aromatic rings. The normalized spacial score (nSPS) is 19.3. The Balaban J connectivity index is 2.36. The zero-order chi connectivity index (χ0) is 10.6. The van der Waals surface area contributed by atoms with Gasteiger partial charge in [0, 0.05) is 5.54 Å². The van der Waals surface area contributed by atoms with Gasteiger partial charge in [-0.2, -0.15) is 0 Å². The Morgan fingerprint density at radius 1 is 1.50 bits per heavy atom. The minimum absolute atomic E-state index is 0.298. The number of amides is 1. The molecule has 1 saturated heterocycles. The van der Waals surface area contributed by atoms with Gasteiger partial charge in [0.15, 0.2) is 0 Å². The summed E-state index contributed by atoms with van der Waals surface area (Å²) in [4.78, 5) is 10.5. The minimum atomic E-state index is -0.927. The van der Waals surface area contributed by atoms with E-state index < -0.39 is 6.09 Å². The Bertz CT molecular complexity index is 198. The van der Waals surface area contributed by atoms with Crippen LogP contribution in [0.25, 0.3) is 0 Å². The van der Waals surface area contributed by atoms with Gasteiger partial charge in [-0.25, -0.2) is 4.79 Å². The summed E-state index contributed by atoms with van der Waals surface area (Å²) >= 11 is 0. The first-order valence-corrected chi connectivity index (χ1v) is 5.21. The third-order valence-corrected chi connectivity index (χ3v) is 2.70. The second-order valence-electron chi connectivity index (χ2n) is 4.71. The molecule has 0 aromatic heterocycles. The van der Waals surface area contributed by atoms with Gasteiger partial charge in [-0.15, -0.1) is 0 Å². The lowest BCUT2D eigenvalue weighted by atomic mass is 9.85. The Morgan fingerprint density at radius 2 is 2.07 bits per heavy atom. The monoisotopic (exact) mass is 200 g/mol.